The third-order valence-corrected chi connectivity index (χ3v) is 6.04. The molecule has 0 unspecified atom stereocenters. The first-order chi connectivity index (χ1) is 13.5. The minimum absolute atomic E-state index is 0.0137. The first kappa shape index (κ1) is 18.7. The monoisotopic (exact) mass is 381 g/mol. The molecule has 0 radical (unpaired) electrons. The fourth-order valence-electron chi connectivity index (χ4n) is 4.65. The number of amides is 2. The second-order valence-electron chi connectivity index (χ2n) is 8.24. The molecule has 7 heteroatoms. The number of aryl methyl sites for hydroxylation is 2. The molecule has 2 aromatic heterocycles. The minimum Gasteiger partial charge on any atom is -0.338 e. The van der Waals surface area contributed by atoms with Crippen LogP contribution in [0.4, 0.5) is 0 Å². The van der Waals surface area contributed by atoms with E-state index in [0.29, 0.717) is 31.6 Å². The van der Waals surface area contributed by atoms with Crippen LogP contribution < -0.4 is 0 Å². The lowest BCUT2D eigenvalue weighted by atomic mass is 9.73. The SMILES string of the molecule is Cc1nn(C)cc1C(=O)N1CCC[C@@]2(CCC(=O)N(Cc3cccnc3)C2)C1. The van der Waals surface area contributed by atoms with Gasteiger partial charge >= 0.3 is 0 Å². The van der Waals surface area contributed by atoms with Gasteiger partial charge in [0.2, 0.25) is 5.91 Å². The molecule has 4 rings (SSSR count). The Morgan fingerprint density at radius 3 is 2.86 bits per heavy atom. The van der Waals surface area contributed by atoms with Crippen molar-refractivity contribution in [2.45, 2.75) is 39.2 Å². The van der Waals surface area contributed by atoms with Crippen molar-refractivity contribution in [2.75, 3.05) is 19.6 Å². The van der Waals surface area contributed by atoms with Crippen LogP contribution in [0.2, 0.25) is 0 Å². The van der Waals surface area contributed by atoms with Gasteiger partial charge in [0.05, 0.1) is 11.3 Å². The fraction of sp³-hybridized carbons (Fsp3) is 0.524. The summed E-state index contributed by atoms with van der Waals surface area (Å²) in [5, 5.41) is 4.31. The normalized spacial score (nSPS) is 22.7. The van der Waals surface area contributed by atoms with Crippen LogP contribution in [0.1, 0.15) is 47.3 Å². The van der Waals surface area contributed by atoms with E-state index in [1.165, 1.54) is 0 Å². The number of aromatic nitrogens is 3. The number of hydrogen-bond donors (Lipinski definition) is 0. The van der Waals surface area contributed by atoms with Gasteiger partial charge in [0.15, 0.2) is 0 Å². The summed E-state index contributed by atoms with van der Waals surface area (Å²) in [5.74, 6) is 0.251. The number of pyridine rings is 1. The number of likely N-dealkylation sites (tertiary alicyclic amines) is 2. The van der Waals surface area contributed by atoms with E-state index in [-0.39, 0.29) is 17.2 Å². The van der Waals surface area contributed by atoms with Crippen LogP contribution >= 0.6 is 0 Å². The predicted molar refractivity (Wildman–Crippen MR) is 104 cm³/mol. The molecule has 2 aliphatic heterocycles. The number of carbonyl (C=O) groups is 2. The van der Waals surface area contributed by atoms with Crippen LogP contribution in [0.25, 0.3) is 0 Å². The van der Waals surface area contributed by atoms with Gasteiger partial charge in [-0.05, 0) is 37.8 Å². The Bertz CT molecular complexity index is 878. The molecule has 0 aromatic carbocycles. The molecule has 0 aliphatic carbocycles. The largest absolute Gasteiger partial charge is 0.338 e. The second kappa shape index (κ2) is 7.37. The highest BCUT2D eigenvalue weighted by Gasteiger charge is 2.43. The summed E-state index contributed by atoms with van der Waals surface area (Å²) < 4.78 is 1.69. The number of hydrogen-bond acceptors (Lipinski definition) is 4. The molecule has 0 saturated carbocycles. The molecule has 2 aliphatic rings. The summed E-state index contributed by atoms with van der Waals surface area (Å²) in [5.41, 5.74) is 2.48. The van der Waals surface area contributed by atoms with Gasteiger partial charge in [-0.25, -0.2) is 0 Å². The molecule has 7 nitrogen and oxygen atoms in total. The third-order valence-electron chi connectivity index (χ3n) is 6.04. The molecule has 0 N–H and O–H groups in total. The van der Waals surface area contributed by atoms with Crippen LogP contribution in [0, 0.1) is 12.3 Å². The topological polar surface area (TPSA) is 71.3 Å². The fourth-order valence-corrected chi connectivity index (χ4v) is 4.65. The molecule has 2 amide bonds. The van der Waals surface area contributed by atoms with Crippen molar-refractivity contribution in [1.82, 2.24) is 24.6 Å². The van der Waals surface area contributed by atoms with Gasteiger partial charge < -0.3 is 9.80 Å². The first-order valence-electron chi connectivity index (χ1n) is 9.92. The van der Waals surface area contributed by atoms with Crippen molar-refractivity contribution in [3.8, 4) is 0 Å². The van der Waals surface area contributed by atoms with Gasteiger partial charge in [0.1, 0.15) is 0 Å². The van der Waals surface area contributed by atoms with E-state index in [4.69, 9.17) is 0 Å². The highest BCUT2D eigenvalue weighted by atomic mass is 16.2. The Balaban J connectivity index is 1.50. The standard InChI is InChI=1S/C21H27N5O2/c1-16-18(13-24(2)23-16)20(28)25-10-4-7-21(14-25)8-6-19(27)26(15-21)12-17-5-3-9-22-11-17/h3,5,9,11,13H,4,6-8,10,12,14-15H2,1-2H3/t21-/m1/s1. The molecule has 2 saturated heterocycles. The van der Waals surface area contributed by atoms with E-state index in [1.807, 2.05) is 42.1 Å². The number of piperidine rings is 2. The van der Waals surface area contributed by atoms with Crippen molar-refractivity contribution in [3.63, 3.8) is 0 Å². The molecule has 148 valence electrons. The van der Waals surface area contributed by atoms with Gasteiger partial charge in [0.25, 0.3) is 5.91 Å². The van der Waals surface area contributed by atoms with Crippen LogP contribution in [0.5, 0.6) is 0 Å². The first-order valence-corrected chi connectivity index (χ1v) is 9.92. The average molecular weight is 381 g/mol. The lowest BCUT2D eigenvalue weighted by molar-refractivity contribution is -0.139. The van der Waals surface area contributed by atoms with E-state index in [1.54, 1.807) is 17.1 Å². The quantitative estimate of drug-likeness (QED) is 0.817. The van der Waals surface area contributed by atoms with E-state index in [2.05, 4.69) is 10.1 Å². The van der Waals surface area contributed by atoms with Crippen molar-refractivity contribution >= 4 is 11.8 Å². The van der Waals surface area contributed by atoms with Gasteiger partial charge in [-0.15, -0.1) is 0 Å². The Labute approximate surface area is 165 Å². The highest BCUT2D eigenvalue weighted by Crippen LogP contribution is 2.39. The molecule has 28 heavy (non-hydrogen) atoms. The zero-order chi connectivity index (χ0) is 19.7. The Kier molecular flexibility index (Phi) is 4.91. The number of rotatable bonds is 3. The van der Waals surface area contributed by atoms with E-state index in [9.17, 15) is 9.59 Å². The zero-order valence-electron chi connectivity index (χ0n) is 16.6. The lowest BCUT2D eigenvalue weighted by Gasteiger charge is -2.48. The smallest absolute Gasteiger partial charge is 0.257 e. The minimum atomic E-state index is -0.0137. The van der Waals surface area contributed by atoms with Crippen LogP contribution in [-0.2, 0) is 18.4 Å². The highest BCUT2D eigenvalue weighted by molar-refractivity contribution is 5.95. The molecule has 4 heterocycles. The van der Waals surface area contributed by atoms with Crippen molar-refractivity contribution in [2.24, 2.45) is 12.5 Å². The van der Waals surface area contributed by atoms with Gasteiger partial charge in [-0.2, -0.15) is 5.10 Å². The van der Waals surface area contributed by atoms with Crippen molar-refractivity contribution in [3.05, 3.63) is 47.5 Å². The summed E-state index contributed by atoms with van der Waals surface area (Å²) in [6.07, 6.45) is 8.79. The summed E-state index contributed by atoms with van der Waals surface area (Å²) in [7, 11) is 1.84. The third kappa shape index (κ3) is 3.66. The van der Waals surface area contributed by atoms with Crippen LogP contribution in [-0.4, -0.2) is 56.0 Å². The molecule has 2 aromatic rings. The maximum absolute atomic E-state index is 13.1. The van der Waals surface area contributed by atoms with E-state index >= 15 is 0 Å². The summed E-state index contributed by atoms with van der Waals surface area (Å²) in [6.45, 7) is 4.64. The Morgan fingerprint density at radius 1 is 1.29 bits per heavy atom. The van der Waals surface area contributed by atoms with Crippen LogP contribution in [0.3, 0.4) is 0 Å². The van der Waals surface area contributed by atoms with Gasteiger partial charge in [-0.1, -0.05) is 6.07 Å². The number of nitrogens with zero attached hydrogens (tertiary/aromatic N) is 5. The molecule has 1 spiro atoms. The molecule has 2 fully saturated rings. The maximum Gasteiger partial charge on any atom is 0.257 e. The van der Waals surface area contributed by atoms with Gasteiger partial charge in [0, 0.05) is 63.7 Å². The average Bonchev–Trinajstić information content (AvgIpc) is 3.03. The molecule has 0 bridgehead atoms. The summed E-state index contributed by atoms with van der Waals surface area (Å²) >= 11 is 0. The van der Waals surface area contributed by atoms with E-state index in [0.717, 1.165) is 37.1 Å². The van der Waals surface area contributed by atoms with Gasteiger partial charge in [-0.3, -0.25) is 19.3 Å². The van der Waals surface area contributed by atoms with E-state index < -0.39 is 0 Å². The van der Waals surface area contributed by atoms with Crippen molar-refractivity contribution in [1.29, 1.82) is 0 Å². The molecular weight excluding hydrogens is 354 g/mol. The summed E-state index contributed by atoms with van der Waals surface area (Å²) in [4.78, 5) is 33.7. The lowest BCUT2D eigenvalue weighted by Crippen LogP contribution is -2.54. The maximum atomic E-state index is 13.1. The summed E-state index contributed by atoms with van der Waals surface area (Å²) in [6, 6.07) is 3.90. The Hall–Kier alpha value is -2.70. The zero-order valence-corrected chi connectivity index (χ0v) is 16.6. The second-order valence-corrected chi connectivity index (χ2v) is 8.24. The Morgan fingerprint density at radius 2 is 2.14 bits per heavy atom. The number of carbonyl (C=O) groups excluding carboxylic acids is 2. The van der Waals surface area contributed by atoms with Crippen LogP contribution in [0.15, 0.2) is 30.7 Å². The molecule has 1 atom stereocenters. The van der Waals surface area contributed by atoms with Crippen molar-refractivity contribution < 1.29 is 9.59 Å². The predicted octanol–water partition coefficient (Wildman–Crippen LogP) is 2.17. The molecular formula is C21H27N5O2.